The molecule has 2 aromatic rings. The smallest absolute Gasteiger partial charge is 0.374 e. The predicted molar refractivity (Wildman–Crippen MR) is 102 cm³/mol. The number of hydrogen-bond donors (Lipinski definition) is 1. The second-order valence-electron chi connectivity index (χ2n) is 7.03. The number of furan rings is 1. The lowest BCUT2D eigenvalue weighted by Crippen LogP contribution is -2.22. The monoisotopic (exact) mass is 368 g/mol. The number of benzene rings is 1. The van der Waals surface area contributed by atoms with Gasteiger partial charge in [0, 0.05) is 23.1 Å². The second kappa shape index (κ2) is 7.78. The molecule has 1 aromatic carbocycles. The van der Waals surface area contributed by atoms with Crippen LogP contribution in [0.3, 0.4) is 0 Å². The van der Waals surface area contributed by atoms with Crippen LogP contribution in [0.1, 0.15) is 70.1 Å². The van der Waals surface area contributed by atoms with E-state index in [4.69, 9.17) is 9.15 Å². The molecule has 6 nitrogen and oxygen atoms in total. The maximum Gasteiger partial charge on any atom is 0.374 e. The number of hydrazone groups is 1. The average molecular weight is 368 g/mol. The summed E-state index contributed by atoms with van der Waals surface area (Å²) >= 11 is 0. The predicted octanol–water partition coefficient (Wildman–Crippen LogP) is 3.93. The summed E-state index contributed by atoms with van der Waals surface area (Å²) in [5.74, 6) is 0.199. The topological polar surface area (TPSA) is 80.9 Å². The Bertz CT molecular complexity index is 909. The van der Waals surface area contributed by atoms with Gasteiger partial charge < -0.3 is 9.15 Å². The highest BCUT2D eigenvalue weighted by atomic mass is 16.6. The Morgan fingerprint density at radius 2 is 2.00 bits per heavy atom. The molecule has 6 heteroatoms. The van der Waals surface area contributed by atoms with Gasteiger partial charge in [-0.25, -0.2) is 10.2 Å². The van der Waals surface area contributed by atoms with Crippen molar-refractivity contribution >= 4 is 17.6 Å². The highest BCUT2D eigenvalue weighted by molar-refractivity contribution is 6.06. The molecule has 0 aliphatic heterocycles. The molecule has 1 aliphatic rings. The number of carbonyl (C=O) groups excluding carboxylic acids is 2. The van der Waals surface area contributed by atoms with Crippen LogP contribution in [0.25, 0.3) is 0 Å². The summed E-state index contributed by atoms with van der Waals surface area (Å²) in [6, 6.07) is 7.33. The van der Waals surface area contributed by atoms with Crippen molar-refractivity contribution in [2.75, 3.05) is 0 Å². The quantitative estimate of drug-likeness (QED) is 0.655. The van der Waals surface area contributed by atoms with Crippen LogP contribution in [0.4, 0.5) is 0 Å². The van der Waals surface area contributed by atoms with Gasteiger partial charge in [-0.05, 0) is 52.7 Å². The molecule has 0 saturated carbocycles. The molecule has 1 aliphatic carbocycles. The minimum Gasteiger partial charge on any atom is -0.457 e. The zero-order valence-corrected chi connectivity index (χ0v) is 16.1. The van der Waals surface area contributed by atoms with Crippen LogP contribution in [0.2, 0.25) is 0 Å². The third-order valence-electron chi connectivity index (χ3n) is 4.43. The van der Waals surface area contributed by atoms with Crippen molar-refractivity contribution in [1.82, 2.24) is 5.43 Å². The average Bonchev–Trinajstić information content (AvgIpc) is 2.97. The van der Waals surface area contributed by atoms with Crippen LogP contribution in [0.15, 0.2) is 33.8 Å². The van der Waals surface area contributed by atoms with Crippen LogP contribution in [-0.2, 0) is 11.2 Å². The first-order chi connectivity index (χ1) is 12.9. The lowest BCUT2D eigenvalue weighted by atomic mass is 9.93. The van der Waals surface area contributed by atoms with Crippen LogP contribution in [0, 0.1) is 13.8 Å². The molecular formula is C21H24N2O4. The largest absolute Gasteiger partial charge is 0.457 e. The van der Waals surface area contributed by atoms with E-state index in [0.29, 0.717) is 17.5 Å². The van der Waals surface area contributed by atoms with Gasteiger partial charge in [-0.3, -0.25) is 4.79 Å². The first-order valence-electron chi connectivity index (χ1n) is 9.14. The summed E-state index contributed by atoms with van der Waals surface area (Å²) in [5, 5.41) is 4.33. The third kappa shape index (κ3) is 4.10. The summed E-state index contributed by atoms with van der Waals surface area (Å²) in [6.45, 7) is 7.35. The van der Waals surface area contributed by atoms with E-state index in [1.165, 1.54) is 0 Å². The summed E-state index contributed by atoms with van der Waals surface area (Å²) in [6.07, 6.45) is 2.06. The van der Waals surface area contributed by atoms with Crippen molar-refractivity contribution in [2.45, 2.75) is 53.1 Å². The van der Waals surface area contributed by atoms with Crippen LogP contribution in [0.5, 0.6) is 0 Å². The number of ether oxygens (including phenoxy) is 1. The number of fused-ring (bicyclic) bond motifs is 1. The number of carbonyl (C=O) groups is 2. The zero-order chi connectivity index (χ0) is 19.6. The van der Waals surface area contributed by atoms with Crippen molar-refractivity contribution in [3.05, 3.63) is 58.0 Å². The number of esters is 1. The van der Waals surface area contributed by atoms with Gasteiger partial charge in [0.1, 0.15) is 5.76 Å². The Labute approximate surface area is 158 Å². The summed E-state index contributed by atoms with van der Waals surface area (Å²) < 4.78 is 11.0. The summed E-state index contributed by atoms with van der Waals surface area (Å²) in [5.41, 5.74) is 6.43. The van der Waals surface area contributed by atoms with Crippen molar-refractivity contribution in [2.24, 2.45) is 5.10 Å². The molecule has 0 radical (unpaired) electrons. The van der Waals surface area contributed by atoms with E-state index in [2.05, 4.69) is 10.5 Å². The molecule has 0 atom stereocenters. The van der Waals surface area contributed by atoms with Gasteiger partial charge in [-0.2, -0.15) is 5.10 Å². The van der Waals surface area contributed by atoms with Crippen LogP contribution >= 0.6 is 0 Å². The number of aryl methyl sites for hydroxylation is 2. The molecule has 1 heterocycles. The van der Waals surface area contributed by atoms with Gasteiger partial charge in [0.15, 0.2) is 0 Å². The molecule has 0 bridgehead atoms. The second-order valence-corrected chi connectivity index (χ2v) is 7.03. The van der Waals surface area contributed by atoms with E-state index in [0.717, 1.165) is 35.4 Å². The van der Waals surface area contributed by atoms with Gasteiger partial charge in [0.2, 0.25) is 5.76 Å². The molecule has 27 heavy (non-hydrogen) atoms. The van der Waals surface area contributed by atoms with Gasteiger partial charge >= 0.3 is 5.97 Å². The number of nitrogens with one attached hydrogen (secondary N) is 1. The van der Waals surface area contributed by atoms with Crippen molar-refractivity contribution in [1.29, 1.82) is 0 Å². The lowest BCUT2D eigenvalue weighted by Gasteiger charge is -2.13. The molecule has 1 amide bonds. The fourth-order valence-electron chi connectivity index (χ4n) is 3.21. The molecule has 1 N–H and O–H groups in total. The van der Waals surface area contributed by atoms with E-state index in [1.807, 2.05) is 32.0 Å². The summed E-state index contributed by atoms with van der Waals surface area (Å²) in [7, 11) is 0. The minimum atomic E-state index is -0.472. The molecule has 0 unspecified atom stereocenters. The molecule has 0 spiro atoms. The van der Waals surface area contributed by atoms with E-state index in [1.54, 1.807) is 19.9 Å². The first kappa shape index (κ1) is 18.9. The van der Waals surface area contributed by atoms with Gasteiger partial charge in [-0.15, -0.1) is 0 Å². The third-order valence-corrected chi connectivity index (χ3v) is 4.43. The molecular weight excluding hydrogens is 344 g/mol. The van der Waals surface area contributed by atoms with E-state index >= 15 is 0 Å². The number of amides is 1. The van der Waals surface area contributed by atoms with E-state index < -0.39 is 5.97 Å². The van der Waals surface area contributed by atoms with E-state index in [-0.39, 0.29) is 17.8 Å². The Kier molecular flexibility index (Phi) is 5.44. The lowest BCUT2D eigenvalue weighted by molar-refractivity contribution is 0.0338. The van der Waals surface area contributed by atoms with Crippen molar-refractivity contribution < 1.29 is 18.7 Å². The van der Waals surface area contributed by atoms with Gasteiger partial charge in [0.05, 0.1) is 11.8 Å². The Hall–Kier alpha value is -2.89. The maximum atomic E-state index is 12.4. The van der Waals surface area contributed by atoms with Crippen molar-refractivity contribution in [3.63, 3.8) is 0 Å². The Morgan fingerprint density at radius 3 is 2.70 bits per heavy atom. The number of nitrogens with zero attached hydrogens (tertiary/aromatic N) is 1. The zero-order valence-electron chi connectivity index (χ0n) is 16.1. The minimum absolute atomic E-state index is 0.216. The number of rotatable bonds is 4. The SMILES string of the molecule is Cc1cccc(C(=O)N/N=C2\CCCc3oc(C(=O)OC(C)C)c(C)c32)c1. The molecule has 0 fully saturated rings. The molecule has 1 aromatic heterocycles. The standard InChI is InChI=1S/C21H24N2O4/c1-12(2)26-21(25)19-14(4)18-16(9-6-10-17(18)27-19)22-23-20(24)15-8-5-7-13(3)11-15/h5,7-8,11-12H,6,9-10H2,1-4H3,(H,23,24)/b22-16+. The van der Waals surface area contributed by atoms with Crippen LogP contribution < -0.4 is 5.43 Å². The Balaban J connectivity index is 1.85. The van der Waals surface area contributed by atoms with Gasteiger partial charge in [0.25, 0.3) is 5.91 Å². The number of hydrogen-bond acceptors (Lipinski definition) is 5. The fourth-order valence-corrected chi connectivity index (χ4v) is 3.21. The highest BCUT2D eigenvalue weighted by Gasteiger charge is 2.29. The summed E-state index contributed by atoms with van der Waals surface area (Å²) in [4.78, 5) is 24.6. The molecule has 3 rings (SSSR count). The van der Waals surface area contributed by atoms with E-state index in [9.17, 15) is 9.59 Å². The molecule has 0 saturated heterocycles. The fraction of sp³-hybridized carbons (Fsp3) is 0.381. The molecule has 142 valence electrons. The Morgan fingerprint density at radius 1 is 1.22 bits per heavy atom. The highest BCUT2D eigenvalue weighted by Crippen LogP contribution is 2.30. The maximum absolute atomic E-state index is 12.4. The van der Waals surface area contributed by atoms with Gasteiger partial charge in [-0.1, -0.05) is 17.7 Å². The normalized spacial score (nSPS) is 14.9. The first-order valence-corrected chi connectivity index (χ1v) is 9.14. The van der Waals surface area contributed by atoms with Crippen LogP contribution in [-0.4, -0.2) is 23.7 Å². The van der Waals surface area contributed by atoms with Crippen molar-refractivity contribution in [3.8, 4) is 0 Å².